The number of hydrogen-bond acceptors (Lipinski definition) is 5. The van der Waals surface area contributed by atoms with Crippen molar-refractivity contribution in [2.24, 2.45) is 11.1 Å². The topological polar surface area (TPSA) is 69.6 Å². The van der Waals surface area contributed by atoms with Gasteiger partial charge in [-0.15, -0.1) is 5.10 Å². The zero-order chi connectivity index (χ0) is 12.4. The molecule has 18 heavy (non-hydrogen) atoms. The van der Waals surface area contributed by atoms with Gasteiger partial charge in [-0.2, -0.15) is 4.68 Å². The highest BCUT2D eigenvalue weighted by atomic mass is 32.2. The molecule has 0 atom stereocenters. The van der Waals surface area contributed by atoms with Gasteiger partial charge in [-0.3, -0.25) is 0 Å². The molecule has 6 heteroatoms. The molecule has 1 aliphatic carbocycles. The van der Waals surface area contributed by atoms with Crippen LogP contribution in [0.5, 0.6) is 0 Å². The monoisotopic (exact) mass is 261 g/mol. The molecular formula is C12H15N5S. The molecule has 0 amide bonds. The standard InChI is InChI=1S/C12H15N5S/c13-8-12(6-7-12)9-18-11-14-15-16-17(11)10-4-2-1-3-5-10/h1-5H,6-9,13H2. The average molecular weight is 261 g/mol. The van der Waals surface area contributed by atoms with E-state index in [1.807, 2.05) is 30.3 Å². The summed E-state index contributed by atoms with van der Waals surface area (Å²) in [5.74, 6) is 0.997. The quantitative estimate of drug-likeness (QED) is 0.826. The van der Waals surface area contributed by atoms with E-state index in [1.165, 1.54) is 12.8 Å². The lowest BCUT2D eigenvalue weighted by Crippen LogP contribution is -2.18. The molecular weight excluding hydrogens is 246 g/mol. The molecule has 0 bridgehead atoms. The number of hydrogen-bond donors (Lipinski definition) is 1. The molecule has 1 heterocycles. The summed E-state index contributed by atoms with van der Waals surface area (Å²) in [7, 11) is 0. The molecule has 0 unspecified atom stereocenters. The maximum atomic E-state index is 5.79. The van der Waals surface area contributed by atoms with Crippen molar-refractivity contribution in [3.05, 3.63) is 30.3 Å². The Morgan fingerprint density at radius 2 is 2.06 bits per heavy atom. The molecule has 0 saturated heterocycles. The molecule has 1 aliphatic rings. The summed E-state index contributed by atoms with van der Waals surface area (Å²) in [4.78, 5) is 0. The molecule has 0 radical (unpaired) electrons. The number of nitrogens with zero attached hydrogens (tertiary/aromatic N) is 4. The Labute approximate surface area is 110 Å². The number of benzene rings is 1. The first-order chi connectivity index (χ1) is 8.83. The zero-order valence-electron chi connectivity index (χ0n) is 9.99. The Balaban J connectivity index is 1.76. The van der Waals surface area contributed by atoms with Crippen molar-refractivity contribution >= 4 is 11.8 Å². The van der Waals surface area contributed by atoms with Gasteiger partial charge in [0.15, 0.2) is 0 Å². The largest absolute Gasteiger partial charge is 0.330 e. The second-order valence-corrected chi connectivity index (χ2v) is 5.64. The second kappa shape index (κ2) is 4.70. The highest BCUT2D eigenvalue weighted by Gasteiger charge is 2.41. The minimum atomic E-state index is 0.331. The van der Waals surface area contributed by atoms with Crippen LogP contribution in [-0.2, 0) is 0 Å². The maximum absolute atomic E-state index is 5.79. The third kappa shape index (κ3) is 2.26. The summed E-state index contributed by atoms with van der Waals surface area (Å²) in [6.45, 7) is 0.757. The van der Waals surface area contributed by atoms with Crippen LogP contribution in [-0.4, -0.2) is 32.5 Å². The Morgan fingerprint density at radius 1 is 1.28 bits per heavy atom. The molecule has 1 saturated carbocycles. The smallest absolute Gasteiger partial charge is 0.214 e. The van der Waals surface area contributed by atoms with Gasteiger partial charge in [0, 0.05) is 5.75 Å². The van der Waals surface area contributed by atoms with Crippen LogP contribution in [0.1, 0.15) is 12.8 Å². The van der Waals surface area contributed by atoms with E-state index in [0.717, 1.165) is 23.1 Å². The first-order valence-electron chi connectivity index (χ1n) is 6.00. The predicted octanol–water partition coefficient (Wildman–Crippen LogP) is 1.49. The summed E-state index contributed by atoms with van der Waals surface area (Å²) < 4.78 is 1.78. The van der Waals surface area contributed by atoms with Crippen molar-refractivity contribution in [1.82, 2.24) is 20.2 Å². The summed E-state index contributed by atoms with van der Waals surface area (Å²) >= 11 is 1.69. The lowest BCUT2D eigenvalue weighted by atomic mass is 10.1. The summed E-state index contributed by atoms with van der Waals surface area (Å²) in [5.41, 5.74) is 7.11. The summed E-state index contributed by atoms with van der Waals surface area (Å²) in [6.07, 6.45) is 2.45. The third-order valence-electron chi connectivity index (χ3n) is 3.34. The van der Waals surface area contributed by atoms with E-state index in [2.05, 4.69) is 15.5 Å². The van der Waals surface area contributed by atoms with E-state index >= 15 is 0 Å². The fourth-order valence-electron chi connectivity index (χ4n) is 1.80. The zero-order valence-corrected chi connectivity index (χ0v) is 10.8. The van der Waals surface area contributed by atoms with Crippen LogP contribution in [0, 0.1) is 5.41 Å². The fourth-order valence-corrected chi connectivity index (χ4v) is 3.00. The van der Waals surface area contributed by atoms with Crippen LogP contribution in [0.2, 0.25) is 0 Å². The second-order valence-electron chi connectivity index (χ2n) is 4.70. The Kier molecular flexibility index (Phi) is 3.05. The minimum absolute atomic E-state index is 0.331. The van der Waals surface area contributed by atoms with Crippen LogP contribution >= 0.6 is 11.8 Å². The summed E-state index contributed by atoms with van der Waals surface area (Å²) in [5, 5.41) is 12.7. The van der Waals surface area contributed by atoms with Gasteiger partial charge in [-0.05, 0) is 47.4 Å². The Morgan fingerprint density at radius 3 is 2.72 bits per heavy atom. The van der Waals surface area contributed by atoms with Gasteiger partial charge in [0.05, 0.1) is 5.69 Å². The number of aromatic nitrogens is 4. The molecule has 2 N–H and O–H groups in total. The minimum Gasteiger partial charge on any atom is -0.330 e. The number of tetrazole rings is 1. The number of nitrogens with two attached hydrogens (primary N) is 1. The van der Waals surface area contributed by atoms with Crippen LogP contribution < -0.4 is 5.73 Å². The highest BCUT2D eigenvalue weighted by Crippen LogP contribution is 2.47. The molecule has 0 aliphatic heterocycles. The SMILES string of the molecule is NCC1(CSc2nnnn2-c2ccccc2)CC1. The first kappa shape index (κ1) is 11.7. The van der Waals surface area contributed by atoms with E-state index in [-0.39, 0.29) is 0 Å². The van der Waals surface area contributed by atoms with Crippen LogP contribution in [0.4, 0.5) is 0 Å². The normalized spacial score (nSPS) is 16.7. The van der Waals surface area contributed by atoms with Crippen molar-refractivity contribution in [1.29, 1.82) is 0 Å². The lowest BCUT2D eigenvalue weighted by molar-refractivity contribution is 0.598. The van der Waals surface area contributed by atoms with E-state index in [9.17, 15) is 0 Å². The fraction of sp³-hybridized carbons (Fsp3) is 0.417. The first-order valence-corrected chi connectivity index (χ1v) is 6.98. The van der Waals surface area contributed by atoms with Crippen molar-refractivity contribution in [3.63, 3.8) is 0 Å². The van der Waals surface area contributed by atoms with E-state index in [0.29, 0.717) is 5.41 Å². The van der Waals surface area contributed by atoms with Crippen LogP contribution in [0.25, 0.3) is 5.69 Å². The third-order valence-corrected chi connectivity index (χ3v) is 4.61. The van der Waals surface area contributed by atoms with E-state index < -0.39 is 0 Å². The molecule has 5 nitrogen and oxygen atoms in total. The van der Waals surface area contributed by atoms with Crippen molar-refractivity contribution in [2.75, 3.05) is 12.3 Å². The molecule has 1 aromatic heterocycles. The molecule has 0 spiro atoms. The van der Waals surface area contributed by atoms with Gasteiger partial charge >= 0.3 is 0 Å². The van der Waals surface area contributed by atoms with Gasteiger partial charge in [-0.1, -0.05) is 30.0 Å². The van der Waals surface area contributed by atoms with Gasteiger partial charge < -0.3 is 5.73 Å². The number of rotatable bonds is 5. The molecule has 2 aromatic rings. The summed E-state index contributed by atoms with van der Waals surface area (Å²) in [6, 6.07) is 9.93. The lowest BCUT2D eigenvalue weighted by Gasteiger charge is -2.10. The molecule has 94 valence electrons. The van der Waals surface area contributed by atoms with Gasteiger partial charge in [0.25, 0.3) is 0 Å². The van der Waals surface area contributed by atoms with Gasteiger partial charge in [-0.25, -0.2) is 0 Å². The maximum Gasteiger partial charge on any atom is 0.214 e. The molecule has 3 rings (SSSR count). The predicted molar refractivity (Wildman–Crippen MR) is 70.6 cm³/mol. The van der Waals surface area contributed by atoms with Crippen molar-refractivity contribution < 1.29 is 0 Å². The Hall–Kier alpha value is -1.40. The highest BCUT2D eigenvalue weighted by molar-refractivity contribution is 7.99. The number of para-hydroxylation sites is 1. The van der Waals surface area contributed by atoms with Crippen molar-refractivity contribution in [3.8, 4) is 5.69 Å². The van der Waals surface area contributed by atoms with Crippen LogP contribution in [0.15, 0.2) is 35.5 Å². The average Bonchev–Trinajstić information content (AvgIpc) is 3.07. The molecule has 1 fully saturated rings. The van der Waals surface area contributed by atoms with Crippen LogP contribution in [0.3, 0.4) is 0 Å². The number of thioether (sulfide) groups is 1. The van der Waals surface area contributed by atoms with Crippen molar-refractivity contribution in [2.45, 2.75) is 18.0 Å². The van der Waals surface area contributed by atoms with E-state index in [1.54, 1.807) is 16.4 Å². The molecule has 1 aromatic carbocycles. The van der Waals surface area contributed by atoms with Gasteiger partial charge in [0.2, 0.25) is 5.16 Å². The Bertz CT molecular complexity index is 520. The van der Waals surface area contributed by atoms with Gasteiger partial charge in [0.1, 0.15) is 0 Å². The van der Waals surface area contributed by atoms with E-state index in [4.69, 9.17) is 5.73 Å².